The van der Waals surface area contributed by atoms with Crippen LogP contribution in [0.1, 0.15) is 13.3 Å². The van der Waals surface area contributed by atoms with Crippen molar-refractivity contribution in [1.29, 1.82) is 0 Å². The lowest BCUT2D eigenvalue weighted by Gasteiger charge is -1.97. The molecule has 0 spiro atoms. The van der Waals surface area contributed by atoms with Gasteiger partial charge in [-0.05, 0) is 12.5 Å². The van der Waals surface area contributed by atoms with Crippen molar-refractivity contribution in [1.82, 2.24) is 0 Å². The Morgan fingerprint density at radius 3 is 2.44 bits per heavy atom. The Morgan fingerprint density at radius 1 is 1.78 bits per heavy atom. The lowest BCUT2D eigenvalue weighted by Crippen LogP contribution is -2.14. The summed E-state index contributed by atoms with van der Waals surface area (Å²) < 4.78 is 4.64. The summed E-state index contributed by atoms with van der Waals surface area (Å²) in [5, 5.41) is 0. The van der Waals surface area contributed by atoms with Crippen molar-refractivity contribution in [3.05, 3.63) is 11.8 Å². The second-order valence-electron chi connectivity index (χ2n) is 1.54. The number of primary amides is 1. The van der Waals surface area contributed by atoms with Crippen LogP contribution in [0.15, 0.2) is 11.8 Å². The minimum Gasteiger partial charge on any atom is -0.491 e. The highest BCUT2D eigenvalue weighted by Gasteiger charge is 2.00. The molecule has 0 aliphatic carbocycles. The van der Waals surface area contributed by atoms with E-state index in [1.807, 2.05) is 6.92 Å². The van der Waals surface area contributed by atoms with Gasteiger partial charge in [-0.3, -0.25) is 4.79 Å². The second kappa shape index (κ2) is 3.95. The lowest BCUT2D eigenvalue weighted by molar-refractivity contribution is -0.117. The molecule has 3 nitrogen and oxygen atoms in total. The molecule has 0 rings (SSSR count). The minimum atomic E-state index is -0.514. The molecule has 0 saturated carbocycles. The van der Waals surface area contributed by atoms with Crippen LogP contribution in [-0.2, 0) is 9.53 Å². The fourth-order valence-corrected chi connectivity index (χ4v) is 0.470. The van der Waals surface area contributed by atoms with Crippen LogP contribution in [0.25, 0.3) is 0 Å². The van der Waals surface area contributed by atoms with Gasteiger partial charge in [0.2, 0.25) is 0 Å². The number of allylic oxidation sites excluding steroid dienone is 1. The average Bonchev–Trinajstić information content (AvgIpc) is 1.82. The van der Waals surface area contributed by atoms with Gasteiger partial charge in [-0.15, -0.1) is 0 Å². The van der Waals surface area contributed by atoms with Crippen LogP contribution in [0.5, 0.6) is 0 Å². The molecule has 0 aromatic heterocycles. The number of amides is 1. The Kier molecular flexibility index (Phi) is 3.51. The van der Waals surface area contributed by atoms with Crippen molar-refractivity contribution in [2.75, 3.05) is 7.11 Å². The highest BCUT2D eigenvalue weighted by Crippen LogP contribution is 1.94. The van der Waals surface area contributed by atoms with Crippen molar-refractivity contribution in [3.8, 4) is 0 Å². The van der Waals surface area contributed by atoms with Gasteiger partial charge in [-0.2, -0.15) is 0 Å². The molecule has 0 aliphatic rings. The van der Waals surface area contributed by atoms with E-state index in [2.05, 4.69) is 4.74 Å². The zero-order chi connectivity index (χ0) is 7.28. The summed E-state index contributed by atoms with van der Waals surface area (Å²) in [5.41, 5.74) is 4.90. The first-order chi connectivity index (χ1) is 4.22. The molecule has 9 heavy (non-hydrogen) atoms. The van der Waals surface area contributed by atoms with Gasteiger partial charge in [0.1, 0.15) is 0 Å². The number of hydrogen-bond acceptors (Lipinski definition) is 2. The first kappa shape index (κ1) is 8.01. The van der Waals surface area contributed by atoms with Crippen LogP contribution < -0.4 is 5.73 Å². The van der Waals surface area contributed by atoms with E-state index in [1.54, 1.807) is 6.08 Å². The van der Waals surface area contributed by atoms with Crippen molar-refractivity contribution in [2.45, 2.75) is 13.3 Å². The zero-order valence-electron chi connectivity index (χ0n) is 5.68. The van der Waals surface area contributed by atoms with Crippen LogP contribution in [-0.4, -0.2) is 13.0 Å². The van der Waals surface area contributed by atoms with Gasteiger partial charge in [-0.1, -0.05) is 6.92 Å². The monoisotopic (exact) mass is 129 g/mol. The summed E-state index contributed by atoms with van der Waals surface area (Å²) in [6, 6.07) is 0. The molecule has 1 amide bonds. The largest absolute Gasteiger partial charge is 0.491 e. The lowest BCUT2D eigenvalue weighted by atomic mass is 10.3. The third-order valence-electron chi connectivity index (χ3n) is 0.852. The molecule has 0 atom stereocenters. The van der Waals surface area contributed by atoms with Gasteiger partial charge in [0, 0.05) is 0 Å². The van der Waals surface area contributed by atoms with Crippen LogP contribution in [0, 0.1) is 0 Å². The van der Waals surface area contributed by atoms with Crippen molar-refractivity contribution < 1.29 is 9.53 Å². The van der Waals surface area contributed by atoms with E-state index >= 15 is 0 Å². The van der Waals surface area contributed by atoms with E-state index in [1.165, 1.54) is 7.11 Å². The summed E-state index contributed by atoms with van der Waals surface area (Å²) in [4.78, 5) is 10.3. The second-order valence-corrected chi connectivity index (χ2v) is 1.54. The predicted molar refractivity (Wildman–Crippen MR) is 34.6 cm³/mol. The van der Waals surface area contributed by atoms with E-state index in [0.29, 0.717) is 0 Å². The Morgan fingerprint density at radius 2 is 2.33 bits per heavy atom. The van der Waals surface area contributed by atoms with Crippen molar-refractivity contribution in [3.63, 3.8) is 0 Å². The van der Waals surface area contributed by atoms with Crippen LogP contribution >= 0.6 is 0 Å². The van der Waals surface area contributed by atoms with Crippen molar-refractivity contribution in [2.24, 2.45) is 5.73 Å². The minimum absolute atomic E-state index is 0.234. The summed E-state index contributed by atoms with van der Waals surface area (Å²) in [5.74, 6) is -0.281. The molecular formula is C6H11NO2. The molecule has 0 unspecified atom stereocenters. The number of hydrogen-bond donors (Lipinski definition) is 1. The number of ether oxygens (including phenoxy) is 1. The number of carbonyl (C=O) groups is 1. The molecule has 0 aromatic rings. The topological polar surface area (TPSA) is 52.3 Å². The van der Waals surface area contributed by atoms with Gasteiger partial charge in [0.05, 0.1) is 7.11 Å². The molecular weight excluding hydrogens is 118 g/mol. The Bertz CT molecular complexity index is 129. The molecule has 0 aromatic carbocycles. The summed E-state index contributed by atoms with van der Waals surface area (Å²) >= 11 is 0. The van der Waals surface area contributed by atoms with Crippen molar-refractivity contribution >= 4 is 5.91 Å². The Balaban J connectivity index is 3.98. The third-order valence-corrected chi connectivity index (χ3v) is 0.852. The maximum absolute atomic E-state index is 10.3. The normalized spacial score (nSPS) is 11.1. The molecule has 0 radical (unpaired) electrons. The third kappa shape index (κ3) is 2.74. The van der Waals surface area contributed by atoms with Gasteiger partial charge in [0.25, 0.3) is 5.91 Å². The van der Waals surface area contributed by atoms with E-state index in [4.69, 9.17) is 5.73 Å². The van der Waals surface area contributed by atoms with E-state index < -0.39 is 5.91 Å². The van der Waals surface area contributed by atoms with Gasteiger partial charge in [-0.25, -0.2) is 0 Å². The van der Waals surface area contributed by atoms with Gasteiger partial charge >= 0.3 is 0 Å². The first-order valence-corrected chi connectivity index (χ1v) is 2.76. The maximum Gasteiger partial charge on any atom is 0.283 e. The molecule has 0 fully saturated rings. The Hall–Kier alpha value is -0.990. The van der Waals surface area contributed by atoms with Crippen LogP contribution in [0.4, 0.5) is 0 Å². The summed E-state index contributed by atoms with van der Waals surface area (Å²) in [6.45, 7) is 1.90. The van der Waals surface area contributed by atoms with Gasteiger partial charge in [0.15, 0.2) is 5.76 Å². The molecule has 2 N–H and O–H groups in total. The molecule has 3 heteroatoms. The van der Waals surface area contributed by atoms with E-state index in [9.17, 15) is 4.79 Å². The summed E-state index contributed by atoms with van der Waals surface area (Å²) in [6.07, 6.45) is 2.40. The molecule has 0 heterocycles. The van der Waals surface area contributed by atoms with Crippen LogP contribution in [0.3, 0.4) is 0 Å². The Labute approximate surface area is 54.5 Å². The first-order valence-electron chi connectivity index (χ1n) is 2.76. The highest BCUT2D eigenvalue weighted by atomic mass is 16.5. The number of nitrogens with two attached hydrogens (primary N) is 1. The molecule has 0 bridgehead atoms. The highest BCUT2D eigenvalue weighted by molar-refractivity contribution is 5.89. The molecule has 52 valence electrons. The van der Waals surface area contributed by atoms with Crippen LogP contribution in [0.2, 0.25) is 0 Å². The van der Waals surface area contributed by atoms with E-state index in [0.717, 1.165) is 6.42 Å². The fraction of sp³-hybridized carbons (Fsp3) is 0.500. The SMILES string of the molecule is CCC=C(OC)C(N)=O. The van der Waals surface area contributed by atoms with Gasteiger partial charge < -0.3 is 10.5 Å². The van der Waals surface area contributed by atoms with E-state index in [-0.39, 0.29) is 5.76 Å². The number of carbonyl (C=O) groups excluding carboxylic acids is 1. The predicted octanol–water partition coefficient (Wildman–Crippen LogP) is 0.412. The average molecular weight is 129 g/mol. The smallest absolute Gasteiger partial charge is 0.283 e. The molecule has 0 saturated heterocycles. The number of methoxy groups -OCH3 is 1. The number of rotatable bonds is 3. The maximum atomic E-state index is 10.3. The summed E-state index contributed by atoms with van der Waals surface area (Å²) in [7, 11) is 1.42. The molecule has 0 aliphatic heterocycles. The quantitative estimate of drug-likeness (QED) is 0.443. The zero-order valence-corrected chi connectivity index (χ0v) is 5.68. The standard InChI is InChI=1S/C6H11NO2/c1-3-4-5(9-2)6(7)8/h4H,3H2,1-2H3,(H2,7,8). The fourth-order valence-electron chi connectivity index (χ4n) is 0.470.